The number of methoxy groups -OCH3 is 1. The van der Waals surface area contributed by atoms with Crippen molar-refractivity contribution in [1.82, 2.24) is 4.90 Å². The van der Waals surface area contributed by atoms with Crippen LogP contribution in [0, 0.1) is 11.3 Å². The van der Waals surface area contributed by atoms with E-state index in [1.54, 1.807) is 18.2 Å². The van der Waals surface area contributed by atoms with Gasteiger partial charge in [-0.15, -0.1) is 0 Å². The van der Waals surface area contributed by atoms with Crippen molar-refractivity contribution >= 4 is 11.6 Å². The van der Waals surface area contributed by atoms with Crippen molar-refractivity contribution in [2.45, 2.75) is 18.9 Å². The number of hydrogen-bond acceptors (Lipinski definition) is 5. The maximum Gasteiger partial charge on any atom is 0.260 e. The summed E-state index contributed by atoms with van der Waals surface area (Å²) in [5.41, 5.74) is 1.59. The van der Waals surface area contributed by atoms with Crippen molar-refractivity contribution in [1.29, 1.82) is 5.26 Å². The number of nitrogens with zero attached hydrogens (tertiary/aromatic N) is 2. The Kier molecular flexibility index (Phi) is 6.16. The molecule has 1 heterocycles. The van der Waals surface area contributed by atoms with Gasteiger partial charge in [0.05, 0.1) is 18.7 Å². The summed E-state index contributed by atoms with van der Waals surface area (Å²) in [7, 11) is 1.51. The molecule has 2 aromatic carbocycles. The fraction of sp³-hybridized carbons (Fsp3) is 0.333. The second kappa shape index (κ2) is 8.95. The number of carbonyl (C=O) groups excluding carboxylic acids is 1. The lowest BCUT2D eigenvalue weighted by molar-refractivity contribution is -0.134. The number of carbonyl (C=O) groups is 1. The molecule has 0 bridgehead atoms. The van der Waals surface area contributed by atoms with Gasteiger partial charge < -0.3 is 19.7 Å². The molecule has 0 aliphatic carbocycles. The zero-order valence-electron chi connectivity index (χ0n) is 15.4. The molecule has 1 aliphatic rings. The molecular formula is C21H23N3O3. The van der Waals surface area contributed by atoms with E-state index in [0.717, 1.165) is 18.5 Å². The molecule has 3 rings (SSSR count). The molecule has 27 heavy (non-hydrogen) atoms. The predicted octanol–water partition coefficient (Wildman–Crippen LogP) is 3.05. The fourth-order valence-corrected chi connectivity index (χ4v) is 3.13. The van der Waals surface area contributed by atoms with E-state index < -0.39 is 0 Å². The molecule has 0 aromatic heterocycles. The molecule has 140 valence electrons. The molecule has 0 unspecified atom stereocenters. The van der Waals surface area contributed by atoms with Gasteiger partial charge in [0, 0.05) is 30.9 Å². The van der Waals surface area contributed by atoms with Crippen molar-refractivity contribution in [2.75, 3.05) is 32.1 Å². The maximum absolute atomic E-state index is 12.4. The Bertz CT molecular complexity index is 809. The van der Waals surface area contributed by atoms with Crippen molar-refractivity contribution in [3.8, 4) is 17.6 Å². The quantitative estimate of drug-likeness (QED) is 0.852. The molecule has 0 radical (unpaired) electrons. The minimum Gasteiger partial charge on any atom is -0.493 e. The van der Waals surface area contributed by atoms with Crippen molar-refractivity contribution < 1.29 is 14.3 Å². The van der Waals surface area contributed by atoms with Gasteiger partial charge in [0.25, 0.3) is 5.91 Å². The fourth-order valence-electron chi connectivity index (χ4n) is 3.13. The first-order valence-electron chi connectivity index (χ1n) is 9.00. The van der Waals surface area contributed by atoms with E-state index in [2.05, 4.69) is 23.5 Å². The Morgan fingerprint density at radius 1 is 1.19 bits per heavy atom. The second-order valence-electron chi connectivity index (χ2n) is 6.43. The molecule has 0 saturated carbocycles. The van der Waals surface area contributed by atoms with Gasteiger partial charge in [-0.1, -0.05) is 18.2 Å². The van der Waals surface area contributed by atoms with E-state index in [0.29, 0.717) is 36.2 Å². The summed E-state index contributed by atoms with van der Waals surface area (Å²) in [5.74, 6) is 0.873. The topological polar surface area (TPSA) is 74.6 Å². The Morgan fingerprint density at radius 3 is 2.59 bits per heavy atom. The third kappa shape index (κ3) is 4.91. The number of amides is 1. The normalized spacial score (nSPS) is 14.3. The van der Waals surface area contributed by atoms with Gasteiger partial charge in [0.1, 0.15) is 0 Å². The van der Waals surface area contributed by atoms with Crippen LogP contribution in [0.4, 0.5) is 5.69 Å². The number of likely N-dealkylation sites (tertiary alicyclic amines) is 1. The molecule has 6 heteroatoms. The summed E-state index contributed by atoms with van der Waals surface area (Å²) < 4.78 is 10.9. The first-order chi connectivity index (χ1) is 13.2. The van der Waals surface area contributed by atoms with Gasteiger partial charge in [-0.3, -0.25) is 4.79 Å². The third-order valence-electron chi connectivity index (χ3n) is 4.64. The van der Waals surface area contributed by atoms with Gasteiger partial charge in [0.15, 0.2) is 18.1 Å². The second-order valence-corrected chi connectivity index (χ2v) is 6.43. The van der Waals surface area contributed by atoms with Crippen LogP contribution >= 0.6 is 0 Å². The van der Waals surface area contributed by atoms with Crippen LogP contribution in [0.2, 0.25) is 0 Å². The maximum atomic E-state index is 12.4. The van der Waals surface area contributed by atoms with Crippen molar-refractivity contribution in [3.63, 3.8) is 0 Å². The zero-order chi connectivity index (χ0) is 19.1. The molecule has 6 nitrogen and oxygen atoms in total. The standard InChI is InChI=1S/C21H23N3O3/c1-26-20-13-16(14-22)7-8-19(20)27-15-21(25)24-11-9-18(10-12-24)23-17-5-3-2-4-6-17/h2-8,13,18,23H,9-12,15H2,1H3. The van der Waals surface area contributed by atoms with Crippen LogP contribution in [0.1, 0.15) is 18.4 Å². The number of nitrogens with one attached hydrogen (secondary N) is 1. The van der Waals surface area contributed by atoms with E-state index in [1.807, 2.05) is 23.1 Å². The molecule has 2 aromatic rings. The van der Waals surface area contributed by atoms with Crippen LogP contribution in [0.3, 0.4) is 0 Å². The van der Waals surface area contributed by atoms with Gasteiger partial charge in [-0.2, -0.15) is 5.26 Å². The lowest BCUT2D eigenvalue weighted by Crippen LogP contribution is -2.44. The summed E-state index contributed by atoms with van der Waals surface area (Å²) >= 11 is 0. The Hall–Kier alpha value is -3.20. The lowest BCUT2D eigenvalue weighted by atomic mass is 10.0. The van der Waals surface area contributed by atoms with E-state index in [9.17, 15) is 4.79 Å². The zero-order valence-corrected chi connectivity index (χ0v) is 15.4. The van der Waals surface area contributed by atoms with Crippen LogP contribution in [0.5, 0.6) is 11.5 Å². The summed E-state index contributed by atoms with van der Waals surface area (Å²) in [4.78, 5) is 14.3. The number of piperidine rings is 1. The van der Waals surface area contributed by atoms with Gasteiger partial charge >= 0.3 is 0 Å². The number of hydrogen-bond donors (Lipinski definition) is 1. The molecular weight excluding hydrogens is 342 g/mol. The van der Waals surface area contributed by atoms with E-state index in [-0.39, 0.29) is 12.5 Å². The minimum atomic E-state index is -0.0426. The largest absolute Gasteiger partial charge is 0.493 e. The van der Waals surface area contributed by atoms with Gasteiger partial charge in [0.2, 0.25) is 0 Å². The molecule has 1 saturated heterocycles. The van der Waals surface area contributed by atoms with Gasteiger partial charge in [-0.25, -0.2) is 0 Å². The Balaban J connectivity index is 1.48. The molecule has 0 atom stereocenters. The SMILES string of the molecule is COc1cc(C#N)ccc1OCC(=O)N1CCC(Nc2ccccc2)CC1. The summed E-state index contributed by atoms with van der Waals surface area (Å²) in [5, 5.41) is 12.5. The highest BCUT2D eigenvalue weighted by atomic mass is 16.5. The summed E-state index contributed by atoms with van der Waals surface area (Å²) in [6.07, 6.45) is 1.81. The third-order valence-corrected chi connectivity index (χ3v) is 4.64. The van der Waals surface area contributed by atoms with Crippen LogP contribution in [-0.4, -0.2) is 43.7 Å². The average Bonchev–Trinajstić information content (AvgIpc) is 2.73. The van der Waals surface area contributed by atoms with Crippen molar-refractivity contribution in [2.24, 2.45) is 0 Å². The molecule has 1 aliphatic heterocycles. The number of para-hydroxylation sites is 1. The summed E-state index contributed by atoms with van der Waals surface area (Å²) in [6.45, 7) is 1.37. The monoisotopic (exact) mass is 365 g/mol. The summed E-state index contributed by atoms with van der Waals surface area (Å²) in [6, 6.07) is 17.4. The highest BCUT2D eigenvalue weighted by Gasteiger charge is 2.23. The molecule has 1 N–H and O–H groups in total. The van der Waals surface area contributed by atoms with Crippen molar-refractivity contribution in [3.05, 3.63) is 54.1 Å². The molecule has 1 fully saturated rings. The van der Waals surface area contributed by atoms with Crippen LogP contribution in [0.15, 0.2) is 48.5 Å². The number of benzene rings is 2. The average molecular weight is 365 g/mol. The highest BCUT2D eigenvalue weighted by molar-refractivity contribution is 5.78. The number of anilines is 1. The Morgan fingerprint density at radius 2 is 1.93 bits per heavy atom. The van der Waals surface area contributed by atoms with Crippen LogP contribution in [-0.2, 0) is 4.79 Å². The first kappa shape index (κ1) is 18.6. The smallest absolute Gasteiger partial charge is 0.260 e. The number of nitriles is 1. The van der Waals surface area contributed by atoms with E-state index in [4.69, 9.17) is 14.7 Å². The lowest BCUT2D eigenvalue weighted by Gasteiger charge is -2.32. The van der Waals surface area contributed by atoms with Crippen LogP contribution < -0.4 is 14.8 Å². The first-order valence-corrected chi connectivity index (χ1v) is 9.00. The minimum absolute atomic E-state index is 0.0421. The van der Waals surface area contributed by atoms with E-state index in [1.165, 1.54) is 7.11 Å². The highest BCUT2D eigenvalue weighted by Crippen LogP contribution is 2.28. The number of rotatable bonds is 6. The molecule has 1 amide bonds. The number of ether oxygens (including phenoxy) is 2. The molecule has 0 spiro atoms. The Labute approximate surface area is 159 Å². The van der Waals surface area contributed by atoms with Crippen LogP contribution in [0.25, 0.3) is 0 Å². The van der Waals surface area contributed by atoms with E-state index >= 15 is 0 Å². The predicted molar refractivity (Wildman–Crippen MR) is 103 cm³/mol. The van der Waals surface area contributed by atoms with Gasteiger partial charge in [-0.05, 0) is 37.1 Å².